The SMILES string of the molecule is Cc1ccc(CNc2ccc(Cl)c(C[S@@](C)=O)c2)cc1. The second kappa shape index (κ2) is 6.91. The summed E-state index contributed by atoms with van der Waals surface area (Å²) in [5.74, 6) is 0.485. The number of halogens is 1. The van der Waals surface area contributed by atoms with Crippen molar-refractivity contribution in [3.05, 3.63) is 64.2 Å². The van der Waals surface area contributed by atoms with Gasteiger partial charge in [-0.2, -0.15) is 0 Å². The van der Waals surface area contributed by atoms with Crippen molar-refractivity contribution in [2.75, 3.05) is 11.6 Å². The fourth-order valence-corrected chi connectivity index (χ4v) is 2.86. The topological polar surface area (TPSA) is 29.1 Å². The molecule has 0 unspecified atom stereocenters. The summed E-state index contributed by atoms with van der Waals surface area (Å²) in [6.45, 7) is 2.84. The van der Waals surface area contributed by atoms with E-state index in [1.807, 2.05) is 18.2 Å². The van der Waals surface area contributed by atoms with Gasteiger partial charge in [0, 0.05) is 40.1 Å². The van der Waals surface area contributed by atoms with Gasteiger partial charge in [0.05, 0.1) is 0 Å². The highest BCUT2D eigenvalue weighted by atomic mass is 35.5. The van der Waals surface area contributed by atoms with Gasteiger partial charge in [0.1, 0.15) is 0 Å². The van der Waals surface area contributed by atoms with Gasteiger partial charge in [-0.05, 0) is 36.2 Å². The third-order valence-corrected chi connectivity index (χ3v) is 4.11. The quantitative estimate of drug-likeness (QED) is 0.899. The first-order valence-electron chi connectivity index (χ1n) is 6.42. The molecule has 1 atom stereocenters. The average molecular weight is 308 g/mol. The van der Waals surface area contributed by atoms with Gasteiger partial charge >= 0.3 is 0 Å². The van der Waals surface area contributed by atoms with Crippen molar-refractivity contribution in [3.8, 4) is 0 Å². The Hall–Kier alpha value is -1.32. The maximum atomic E-state index is 11.3. The summed E-state index contributed by atoms with van der Waals surface area (Å²) < 4.78 is 11.3. The van der Waals surface area contributed by atoms with Crippen LogP contribution >= 0.6 is 11.6 Å². The zero-order valence-corrected chi connectivity index (χ0v) is 13.2. The molecule has 2 aromatic carbocycles. The minimum Gasteiger partial charge on any atom is -0.381 e. The normalized spacial score (nSPS) is 12.2. The first-order chi connectivity index (χ1) is 9.54. The molecule has 1 N–H and O–H groups in total. The Bertz CT molecular complexity index is 610. The molecule has 0 spiro atoms. The highest BCUT2D eigenvalue weighted by Gasteiger charge is 2.04. The average Bonchev–Trinajstić information content (AvgIpc) is 2.41. The van der Waals surface area contributed by atoms with Gasteiger partial charge in [0.25, 0.3) is 0 Å². The van der Waals surface area contributed by atoms with Crippen molar-refractivity contribution in [2.24, 2.45) is 0 Å². The first kappa shape index (κ1) is 15.1. The van der Waals surface area contributed by atoms with Crippen molar-refractivity contribution in [1.82, 2.24) is 0 Å². The zero-order chi connectivity index (χ0) is 14.5. The molecule has 0 aliphatic carbocycles. The predicted octanol–water partition coefficient (Wildman–Crippen LogP) is 4.14. The summed E-state index contributed by atoms with van der Waals surface area (Å²) in [4.78, 5) is 0. The summed E-state index contributed by atoms with van der Waals surface area (Å²) >= 11 is 6.11. The molecule has 0 bridgehead atoms. The van der Waals surface area contributed by atoms with E-state index in [9.17, 15) is 4.21 Å². The Balaban J connectivity index is 2.06. The number of benzene rings is 2. The number of aryl methyl sites for hydroxylation is 1. The highest BCUT2D eigenvalue weighted by Crippen LogP contribution is 2.22. The van der Waals surface area contributed by atoms with Crippen LogP contribution in [0.3, 0.4) is 0 Å². The van der Waals surface area contributed by atoms with Gasteiger partial charge < -0.3 is 5.32 Å². The standard InChI is InChI=1S/C16H18ClNOS/c1-12-3-5-13(6-4-12)10-18-15-7-8-16(17)14(9-15)11-20(2)19/h3-9,18H,10-11H2,1-2H3/t20-/m1/s1. The number of nitrogens with one attached hydrogen (secondary N) is 1. The second-order valence-electron chi connectivity index (χ2n) is 4.86. The number of hydrogen-bond acceptors (Lipinski definition) is 2. The molecule has 4 heteroatoms. The molecule has 2 rings (SSSR count). The van der Waals surface area contributed by atoms with E-state index in [0.717, 1.165) is 17.8 Å². The van der Waals surface area contributed by atoms with Gasteiger partial charge in [0.15, 0.2) is 0 Å². The van der Waals surface area contributed by atoms with E-state index in [-0.39, 0.29) is 0 Å². The maximum Gasteiger partial charge on any atom is 0.0498 e. The Kier molecular flexibility index (Phi) is 5.21. The van der Waals surface area contributed by atoms with Gasteiger partial charge in [-0.3, -0.25) is 4.21 Å². The van der Waals surface area contributed by atoms with E-state index in [1.165, 1.54) is 11.1 Å². The molecule has 20 heavy (non-hydrogen) atoms. The number of rotatable bonds is 5. The Morgan fingerprint density at radius 1 is 1.15 bits per heavy atom. The molecular formula is C16H18ClNOS. The van der Waals surface area contributed by atoms with E-state index in [2.05, 4.69) is 36.5 Å². The predicted molar refractivity (Wildman–Crippen MR) is 87.7 cm³/mol. The monoisotopic (exact) mass is 307 g/mol. The van der Waals surface area contributed by atoms with Crippen LogP contribution in [0, 0.1) is 6.92 Å². The zero-order valence-electron chi connectivity index (χ0n) is 11.7. The molecule has 0 aromatic heterocycles. The fraction of sp³-hybridized carbons (Fsp3) is 0.250. The first-order valence-corrected chi connectivity index (χ1v) is 8.53. The molecule has 0 aliphatic rings. The van der Waals surface area contributed by atoms with Crippen LogP contribution in [-0.2, 0) is 23.1 Å². The lowest BCUT2D eigenvalue weighted by Gasteiger charge is -2.10. The van der Waals surface area contributed by atoms with Crippen molar-refractivity contribution in [3.63, 3.8) is 0 Å². The van der Waals surface area contributed by atoms with Crippen LogP contribution in [0.25, 0.3) is 0 Å². The third kappa shape index (κ3) is 4.36. The van der Waals surface area contributed by atoms with E-state index in [4.69, 9.17) is 11.6 Å². The smallest absolute Gasteiger partial charge is 0.0498 e. The Morgan fingerprint density at radius 3 is 2.50 bits per heavy atom. The highest BCUT2D eigenvalue weighted by molar-refractivity contribution is 7.83. The lowest BCUT2D eigenvalue weighted by atomic mass is 10.1. The van der Waals surface area contributed by atoms with E-state index in [1.54, 1.807) is 6.26 Å². The molecule has 0 radical (unpaired) electrons. The van der Waals surface area contributed by atoms with Crippen molar-refractivity contribution >= 4 is 28.1 Å². The largest absolute Gasteiger partial charge is 0.381 e. The molecule has 0 saturated carbocycles. The van der Waals surface area contributed by atoms with Gasteiger partial charge in [-0.15, -0.1) is 0 Å². The fourth-order valence-electron chi connectivity index (χ4n) is 1.92. The van der Waals surface area contributed by atoms with E-state index >= 15 is 0 Å². The lowest BCUT2D eigenvalue weighted by molar-refractivity contribution is 0.686. The van der Waals surface area contributed by atoms with E-state index < -0.39 is 10.8 Å². The van der Waals surface area contributed by atoms with Gasteiger partial charge in [0.2, 0.25) is 0 Å². The molecule has 0 fully saturated rings. The molecule has 2 nitrogen and oxygen atoms in total. The van der Waals surface area contributed by atoms with Crippen molar-refractivity contribution in [1.29, 1.82) is 0 Å². The summed E-state index contributed by atoms with van der Waals surface area (Å²) in [5.41, 5.74) is 4.40. The second-order valence-corrected chi connectivity index (χ2v) is 6.71. The minimum absolute atomic E-state index is 0.485. The minimum atomic E-state index is -0.890. The number of hydrogen-bond donors (Lipinski definition) is 1. The lowest BCUT2D eigenvalue weighted by Crippen LogP contribution is -2.01. The van der Waals surface area contributed by atoms with Crippen LogP contribution in [0.1, 0.15) is 16.7 Å². The van der Waals surface area contributed by atoms with Crippen molar-refractivity contribution < 1.29 is 4.21 Å². The molecule has 0 saturated heterocycles. The summed E-state index contributed by atoms with van der Waals surface area (Å²) in [6.07, 6.45) is 1.68. The Morgan fingerprint density at radius 2 is 1.85 bits per heavy atom. The van der Waals surface area contributed by atoms with Gasteiger partial charge in [-0.25, -0.2) is 0 Å². The van der Waals surface area contributed by atoms with Crippen LogP contribution in [0.4, 0.5) is 5.69 Å². The molecule has 0 aliphatic heterocycles. The summed E-state index contributed by atoms with van der Waals surface area (Å²) in [6, 6.07) is 14.2. The molecule has 2 aromatic rings. The number of anilines is 1. The molecule has 0 heterocycles. The van der Waals surface area contributed by atoms with Gasteiger partial charge in [-0.1, -0.05) is 41.4 Å². The molecule has 106 valence electrons. The van der Waals surface area contributed by atoms with Crippen LogP contribution in [0.15, 0.2) is 42.5 Å². The van der Waals surface area contributed by atoms with Crippen LogP contribution in [-0.4, -0.2) is 10.5 Å². The maximum absolute atomic E-state index is 11.3. The van der Waals surface area contributed by atoms with Crippen LogP contribution < -0.4 is 5.32 Å². The third-order valence-electron chi connectivity index (χ3n) is 3.02. The molecule has 0 amide bonds. The van der Waals surface area contributed by atoms with Crippen LogP contribution in [0.2, 0.25) is 5.02 Å². The van der Waals surface area contributed by atoms with Crippen molar-refractivity contribution in [2.45, 2.75) is 19.2 Å². The van der Waals surface area contributed by atoms with E-state index in [0.29, 0.717) is 10.8 Å². The van der Waals surface area contributed by atoms with Crippen LogP contribution in [0.5, 0.6) is 0 Å². The summed E-state index contributed by atoms with van der Waals surface area (Å²) in [5, 5.41) is 4.03. The Labute approximate surface area is 127 Å². The molecular weight excluding hydrogens is 290 g/mol. The summed E-state index contributed by atoms with van der Waals surface area (Å²) in [7, 11) is -0.890.